The molecule has 5 nitrogen and oxygen atoms in total. The predicted octanol–water partition coefficient (Wildman–Crippen LogP) is 3.32. The molecule has 2 rings (SSSR count). The molecule has 0 aliphatic heterocycles. The number of nitrogens with one attached hydrogen (secondary N) is 2. The molecular weight excluding hydrogens is 326 g/mol. The van der Waals surface area contributed by atoms with Crippen LogP contribution in [-0.4, -0.2) is 36.0 Å². The Hall–Kier alpha value is -1.59. The van der Waals surface area contributed by atoms with Gasteiger partial charge in [0.2, 0.25) is 5.91 Å². The Bertz CT molecular complexity index is 556. The predicted molar refractivity (Wildman–Crippen MR) is 95.9 cm³/mol. The van der Waals surface area contributed by atoms with Gasteiger partial charge >= 0.3 is 6.03 Å². The van der Waals surface area contributed by atoms with E-state index in [9.17, 15) is 9.59 Å². The SMILES string of the molecule is C[C@H](C(=O)NC(=O)NC1CCCCC1)N(C)Cc1ccc(Cl)cc1. The lowest BCUT2D eigenvalue weighted by Gasteiger charge is -2.25. The number of imide groups is 1. The highest BCUT2D eigenvalue weighted by atomic mass is 35.5. The number of likely N-dealkylation sites (N-methyl/N-ethyl adjacent to an activating group) is 1. The molecule has 0 heterocycles. The van der Waals surface area contributed by atoms with Gasteiger partial charge in [0.1, 0.15) is 0 Å². The summed E-state index contributed by atoms with van der Waals surface area (Å²) < 4.78 is 0. The zero-order chi connectivity index (χ0) is 17.5. The average molecular weight is 352 g/mol. The van der Waals surface area contributed by atoms with Crippen molar-refractivity contribution in [2.24, 2.45) is 0 Å². The molecule has 1 saturated carbocycles. The van der Waals surface area contributed by atoms with Gasteiger partial charge in [-0.25, -0.2) is 4.79 Å². The first-order valence-electron chi connectivity index (χ1n) is 8.51. The summed E-state index contributed by atoms with van der Waals surface area (Å²) >= 11 is 5.88. The van der Waals surface area contributed by atoms with Gasteiger partial charge in [0, 0.05) is 17.6 Å². The minimum Gasteiger partial charge on any atom is -0.335 e. The molecule has 1 aliphatic carbocycles. The number of nitrogens with zero attached hydrogens (tertiary/aromatic N) is 1. The third kappa shape index (κ3) is 5.80. The molecule has 1 aliphatic rings. The fraction of sp³-hybridized carbons (Fsp3) is 0.556. The first-order chi connectivity index (χ1) is 11.5. The van der Waals surface area contributed by atoms with Crippen molar-refractivity contribution in [1.29, 1.82) is 0 Å². The van der Waals surface area contributed by atoms with Gasteiger partial charge in [-0.05, 0) is 44.5 Å². The Balaban J connectivity index is 1.79. The van der Waals surface area contributed by atoms with E-state index in [1.54, 1.807) is 6.92 Å². The fourth-order valence-corrected chi connectivity index (χ4v) is 3.03. The van der Waals surface area contributed by atoms with Crippen molar-refractivity contribution in [3.05, 3.63) is 34.9 Å². The monoisotopic (exact) mass is 351 g/mol. The second-order valence-electron chi connectivity index (χ2n) is 6.52. The second kappa shape index (κ2) is 9.04. The number of benzene rings is 1. The highest BCUT2D eigenvalue weighted by molar-refractivity contribution is 6.30. The Morgan fingerprint density at radius 1 is 1.21 bits per heavy atom. The smallest absolute Gasteiger partial charge is 0.321 e. The zero-order valence-corrected chi connectivity index (χ0v) is 15.1. The van der Waals surface area contributed by atoms with E-state index in [0.717, 1.165) is 31.2 Å². The highest BCUT2D eigenvalue weighted by Crippen LogP contribution is 2.17. The van der Waals surface area contributed by atoms with Crippen LogP contribution in [0.1, 0.15) is 44.6 Å². The van der Waals surface area contributed by atoms with E-state index >= 15 is 0 Å². The lowest BCUT2D eigenvalue weighted by atomic mass is 9.96. The van der Waals surface area contributed by atoms with E-state index in [2.05, 4.69) is 10.6 Å². The number of rotatable bonds is 5. The summed E-state index contributed by atoms with van der Waals surface area (Å²) in [6.07, 6.45) is 5.49. The molecule has 3 amide bonds. The molecule has 0 unspecified atom stereocenters. The number of urea groups is 1. The van der Waals surface area contributed by atoms with Gasteiger partial charge in [-0.1, -0.05) is 43.0 Å². The van der Waals surface area contributed by atoms with Gasteiger partial charge in [-0.2, -0.15) is 0 Å². The Labute approximate surface area is 148 Å². The van der Waals surface area contributed by atoms with Crippen LogP contribution in [0.3, 0.4) is 0 Å². The normalized spacial score (nSPS) is 16.7. The van der Waals surface area contributed by atoms with Crippen LogP contribution in [0.4, 0.5) is 4.79 Å². The van der Waals surface area contributed by atoms with Gasteiger partial charge in [0.15, 0.2) is 0 Å². The van der Waals surface area contributed by atoms with Gasteiger partial charge in [-0.15, -0.1) is 0 Å². The zero-order valence-electron chi connectivity index (χ0n) is 14.3. The maximum atomic E-state index is 12.2. The van der Waals surface area contributed by atoms with Crippen molar-refractivity contribution in [2.45, 2.75) is 57.7 Å². The molecule has 1 fully saturated rings. The van der Waals surface area contributed by atoms with E-state index < -0.39 is 12.1 Å². The van der Waals surface area contributed by atoms with Crippen LogP contribution in [0.2, 0.25) is 5.02 Å². The van der Waals surface area contributed by atoms with Crippen molar-refractivity contribution in [1.82, 2.24) is 15.5 Å². The quantitative estimate of drug-likeness (QED) is 0.855. The number of halogens is 1. The summed E-state index contributed by atoms with van der Waals surface area (Å²) in [4.78, 5) is 26.1. The standard InChI is InChI=1S/C18H26ClN3O2/c1-13(22(2)12-14-8-10-15(19)11-9-14)17(23)21-18(24)20-16-6-4-3-5-7-16/h8-11,13,16H,3-7,12H2,1-2H3,(H2,20,21,23,24)/t13-/m1/s1. The van der Waals surface area contributed by atoms with E-state index in [0.29, 0.717) is 11.6 Å². The van der Waals surface area contributed by atoms with Crippen LogP contribution in [-0.2, 0) is 11.3 Å². The summed E-state index contributed by atoms with van der Waals surface area (Å²) in [5.74, 6) is -0.292. The lowest BCUT2D eigenvalue weighted by Crippen LogP contribution is -2.50. The van der Waals surface area contributed by atoms with Crippen LogP contribution < -0.4 is 10.6 Å². The van der Waals surface area contributed by atoms with Crippen molar-refractivity contribution >= 4 is 23.5 Å². The molecule has 1 aromatic carbocycles. The highest BCUT2D eigenvalue weighted by Gasteiger charge is 2.22. The molecule has 132 valence electrons. The number of hydrogen-bond acceptors (Lipinski definition) is 3. The van der Waals surface area contributed by atoms with Gasteiger partial charge < -0.3 is 5.32 Å². The number of amides is 3. The molecule has 24 heavy (non-hydrogen) atoms. The summed E-state index contributed by atoms with van der Waals surface area (Å²) in [7, 11) is 1.86. The van der Waals surface area contributed by atoms with Crippen molar-refractivity contribution in [3.63, 3.8) is 0 Å². The van der Waals surface area contributed by atoms with Crippen LogP contribution >= 0.6 is 11.6 Å². The summed E-state index contributed by atoms with van der Waals surface area (Å²) in [5, 5.41) is 6.03. The topological polar surface area (TPSA) is 61.4 Å². The number of carbonyl (C=O) groups excluding carboxylic acids is 2. The number of carbonyl (C=O) groups is 2. The van der Waals surface area contributed by atoms with E-state index in [4.69, 9.17) is 11.6 Å². The Kier molecular flexibility index (Phi) is 7.06. The van der Waals surface area contributed by atoms with Gasteiger partial charge in [0.25, 0.3) is 0 Å². The summed E-state index contributed by atoms with van der Waals surface area (Å²) in [5.41, 5.74) is 1.06. The molecular formula is C18H26ClN3O2. The minimum absolute atomic E-state index is 0.189. The van der Waals surface area contributed by atoms with Crippen molar-refractivity contribution < 1.29 is 9.59 Å². The molecule has 0 radical (unpaired) electrons. The third-order valence-corrected chi connectivity index (χ3v) is 4.81. The Morgan fingerprint density at radius 2 is 1.83 bits per heavy atom. The molecule has 0 spiro atoms. The minimum atomic E-state index is -0.405. The van der Waals surface area contributed by atoms with Gasteiger partial charge in [-0.3, -0.25) is 15.0 Å². The Morgan fingerprint density at radius 3 is 2.46 bits per heavy atom. The van der Waals surface area contributed by atoms with Crippen LogP contribution in [0.5, 0.6) is 0 Å². The van der Waals surface area contributed by atoms with Gasteiger partial charge in [0.05, 0.1) is 6.04 Å². The second-order valence-corrected chi connectivity index (χ2v) is 6.95. The van der Waals surface area contributed by atoms with Crippen molar-refractivity contribution in [2.75, 3.05) is 7.05 Å². The maximum Gasteiger partial charge on any atom is 0.321 e. The fourth-order valence-electron chi connectivity index (χ4n) is 2.90. The summed E-state index contributed by atoms with van der Waals surface area (Å²) in [6, 6.07) is 6.91. The van der Waals surface area contributed by atoms with Crippen LogP contribution in [0.25, 0.3) is 0 Å². The summed E-state index contributed by atoms with van der Waals surface area (Å²) in [6.45, 7) is 2.40. The largest absolute Gasteiger partial charge is 0.335 e. The number of hydrogen-bond donors (Lipinski definition) is 2. The molecule has 1 atom stereocenters. The first-order valence-corrected chi connectivity index (χ1v) is 8.89. The molecule has 2 N–H and O–H groups in total. The van der Waals surface area contributed by atoms with Crippen LogP contribution in [0, 0.1) is 0 Å². The molecule has 0 aromatic heterocycles. The van der Waals surface area contributed by atoms with Crippen molar-refractivity contribution in [3.8, 4) is 0 Å². The van der Waals surface area contributed by atoms with E-state index in [-0.39, 0.29) is 11.9 Å². The maximum absolute atomic E-state index is 12.2. The molecule has 0 bridgehead atoms. The first kappa shape index (κ1) is 18.7. The average Bonchev–Trinajstić information content (AvgIpc) is 2.57. The molecule has 1 aromatic rings. The molecule has 6 heteroatoms. The molecule has 0 saturated heterocycles. The third-order valence-electron chi connectivity index (χ3n) is 4.56. The lowest BCUT2D eigenvalue weighted by molar-refractivity contribution is -0.124. The van der Waals surface area contributed by atoms with E-state index in [1.807, 2.05) is 36.2 Å². The van der Waals surface area contributed by atoms with Crippen LogP contribution in [0.15, 0.2) is 24.3 Å². The van der Waals surface area contributed by atoms with E-state index in [1.165, 1.54) is 6.42 Å².